The highest BCUT2D eigenvalue weighted by atomic mass is 127. The summed E-state index contributed by atoms with van der Waals surface area (Å²) in [6, 6.07) is 0. The standard InChI is InChI=1S/C7H4I4O/c1-2(12)3-4(8)6(10)7(11)5(3)9/h12H,1H3. The van der Waals surface area contributed by atoms with Crippen LogP contribution in [0.25, 0.3) is 0 Å². The Morgan fingerprint density at radius 3 is 1.42 bits per heavy atom. The van der Waals surface area contributed by atoms with E-state index in [0.29, 0.717) is 5.76 Å². The Hall–Kier alpha value is 1.94. The molecule has 1 aliphatic carbocycles. The van der Waals surface area contributed by atoms with Crippen LogP contribution >= 0.6 is 90.4 Å². The van der Waals surface area contributed by atoms with Crippen molar-refractivity contribution in [3.8, 4) is 0 Å². The van der Waals surface area contributed by atoms with Gasteiger partial charge in [0.25, 0.3) is 0 Å². The Labute approximate surface area is 126 Å². The van der Waals surface area contributed by atoms with Gasteiger partial charge in [0.2, 0.25) is 0 Å². The smallest absolute Gasteiger partial charge is 0.0986 e. The molecule has 1 rings (SSSR count). The van der Waals surface area contributed by atoms with Crippen molar-refractivity contribution in [1.82, 2.24) is 0 Å². The second kappa shape index (κ2) is 4.64. The van der Waals surface area contributed by atoms with Crippen LogP contribution in [0.2, 0.25) is 0 Å². The molecule has 0 atom stereocenters. The minimum absolute atomic E-state index is 0.407. The van der Waals surface area contributed by atoms with Crippen molar-refractivity contribution in [3.63, 3.8) is 0 Å². The van der Waals surface area contributed by atoms with Crippen molar-refractivity contribution in [2.45, 2.75) is 6.92 Å². The molecule has 1 N–H and O–H groups in total. The molecule has 0 saturated carbocycles. The lowest BCUT2D eigenvalue weighted by molar-refractivity contribution is 0.411. The summed E-state index contributed by atoms with van der Waals surface area (Å²) in [5.74, 6) is 0.407. The Kier molecular flexibility index (Phi) is 4.64. The number of allylic oxidation sites excluding steroid dienone is 6. The lowest BCUT2D eigenvalue weighted by Gasteiger charge is -2.00. The molecule has 0 saturated heterocycles. The summed E-state index contributed by atoms with van der Waals surface area (Å²) in [5, 5.41) is 9.42. The fraction of sp³-hybridized carbons (Fsp3) is 0.143. The van der Waals surface area contributed by atoms with E-state index in [2.05, 4.69) is 90.4 Å². The summed E-state index contributed by atoms with van der Waals surface area (Å²) >= 11 is 9.15. The highest BCUT2D eigenvalue weighted by Crippen LogP contribution is 2.49. The maximum atomic E-state index is 9.42. The first-order valence-electron chi connectivity index (χ1n) is 2.98. The molecule has 0 heterocycles. The van der Waals surface area contributed by atoms with Crippen LogP contribution in [0.5, 0.6) is 0 Å². The van der Waals surface area contributed by atoms with Gasteiger partial charge in [-0.3, -0.25) is 0 Å². The van der Waals surface area contributed by atoms with Gasteiger partial charge in [0, 0.05) is 19.9 Å². The van der Waals surface area contributed by atoms with Gasteiger partial charge in [-0.05, 0) is 97.3 Å². The molecule has 0 amide bonds. The average Bonchev–Trinajstić information content (AvgIpc) is 2.16. The molecule has 12 heavy (non-hydrogen) atoms. The lowest BCUT2D eigenvalue weighted by Crippen LogP contribution is -1.83. The first-order valence-corrected chi connectivity index (χ1v) is 7.29. The van der Waals surface area contributed by atoms with Crippen molar-refractivity contribution >= 4 is 90.4 Å². The first-order chi connectivity index (χ1) is 5.46. The fourth-order valence-corrected chi connectivity index (χ4v) is 5.31. The summed E-state index contributed by atoms with van der Waals surface area (Å²) in [6.07, 6.45) is 0. The van der Waals surface area contributed by atoms with Crippen molar-refractivity contribution in [1.29, 1.82) is 0 Å². The molecule has 0 fully saturated rings. The molecule has 0 aliphatic heterocycles. The van der Waals surface area contributed by atoms with Crippen LogP contribution in [0.1, 0.15) is 6.92 Å². The number of aliphatic hydroxyl groups excluding tert-OH is 1. The zero-order valence-corrected chi connectivity index (χ0v) is 14.6. The van der Waals surface area contributed by atoms with Crippen molar-refractivity contribution in [2.24, 2.45) is 0 Å². The summed E-state index contributed by atoms with van der Waals surface area (Å²) in [5.41, 5.74) is 0.991. The Bertz CT molecular complexity index is 294. The molecule has 0 spiro atoms. The van der Waals surface area contributed by atoms with Gasteiger partial charge in [-0.1, -0.05) is 0 Å². The number of hydrogen-bond donors (Lipinski definition) is 1. The molecule has 1 nitrogen and oxygen atoms in total. The third-order valence-electron chi connectivity index (χ3n) is 1.38. The largest absolute Gasteiger partial charge is 0.512 e. The van der Waals surface area contributed by atoms with E-state index < -0.39 is 0 Å². The van der Waals surface area contributed by atoms with Gasteiger partial charge >= 0.3 is 0 Å². The van der Waals surface area contributed by atoms with Gasteiger partial charge in [0.1, 0.15) is 0 Å². The summed E-state index contributed by atoms with van der Waals surface area (Å²) in [4.78, 5) is 0. The second-order valence-electron chi connectivity index (χ2n) is 2.22. The molecular formula is C7H4I4O. The van der Waals surface area contributed by atoms with Crippen molar-refractivity contribution in [2.75, 3.05) is 0 Å². The van der Waals surface area contributed by atoms with Crippen molar-refractivity contribution < 1.29 is 5.11 Å². The van der Waals surface area contributed by atoms with Crippen LogP contribution < -0.4 is 0 Å². The highest BCUT2D eigenvalue weighted by molar-refractivity contribution is 14.1. The molecule has 0 aromatic rings. The van der Waals surface area contributed by atoms with E-state index in [1.165, 1.54) is 7.16 Å². The summed E-state index contributed by atoms with van der Waals surface area (Å²) in [6.45, 7) is 1.73. The van der Waals surface area contributed by atoms with Crippen LogP contribution in [0.4, 0.5) is 0 Å². The Balaban J connectivity index is 3.37. The molecule has 5 heteroatoms. The maximum absolute atomic E-state index is 9.42. The number of rotatable bonds is 0. The maximum Gasteiger partial charge on any atom is 0.0986 e. The average molecular weight is 612 g/mol. The van der Waals surface area contributed by atoms with Gasteiger partial charge in [-0.25, -0.2) is 0 Å². The molecular weight excluding hydrogens is 608 g/mol. The van der Waals surface area contributed by atoms with Gasteiger partial charge < -0.3 is 5.11 Å². The molecule has 0 aromatic carbocycles. The predicted molar refractivity (Wildman–Crippen MR) is 85.5 cm³/mol. The minimum Gasteiger partial charge on any atom is -0.512 e. The topological polar surface area (TPSA) is 20.2 Å². The molecule has 0 unspecified atom stereocenters. The number of hydrogen-bond acceptors (Lipinski definition) is 1. The quantitative estimate of drug-likeness (QED) is 0.302. The van der Waals surface area contributed by atoms with Crippen LogP contribution in [-0.2, 0) is 0 Å². The number of aliphatic hydroxyl groups is 1. The fourth-order valence-electron chi connectivity index (χ4n) is 0.826. The predicted octanol–water partition coefficient (Wildman–Crippen LogP) is 5.00. The molecule has 0 bridgehead atoms. The zero-order chi connectivity index (χ0) is 9.46. The normalized spacial score (nSPS) is 17.9. The molecule has 66 valence electrons. The van der Waals surface area contributed by atoms with E-state index >= 15 is 0 Å². The lowest BCUT2D eigenvalue weighted by atomic mass is 10.2. The van der Waals surface area contributed by atoms with Crippen molar-refractivity contribution in [3.05, 3.63) is 25.7 Å². The van der Waals surface area contributed by atoms with E-state index in [1.807, 2.05) is 0 Å². The van der Waals surface area contributed by atoms with Crippen LogP contribution in [-0.4, -0.2) is 5.11 Å². The van der Waals surface area contributed by atoms with Gasteiger partial charge in [0.15, 0.2) is 0 Å². The molecule has 0 aromatic heterocycles. The minimum atomic E-state index is 0.407. The van der Waals surface area contributed by atoms with E-state index in [0.717, 1.165) is 12.7 Å². The second-order valence-corrected chi connectivity index (χ2v) is 6.53. The van der Waals surface area contributed by atoms with Crippen LogP contribution in [0, 0.1) is 0 Å². The van der Waals surface area contributed by atoms with Gasteiger partial charge in [0.05, 0.1) is 5.76 Å². The zero-order valence-electron chi connectivity index (χ0n) is 5.96. The SMILES string of the molecule is CC(O)=C1C(I)=C(I)C(I)=C1I. The Morgan fingerprint density at radius 2 is 1.25 bits per heavy atom. The van der Waals surface area contributed by atoms with Crippen LogP contribution in [0.3, 0.4) is 0 Å². The first kappa shape index (κ1) is 12.0. The van der Waals surface area contributed by atoms with E-state index in [9.17, 15) is 5.11 Å². The monoisotopic (exact) mass is 612 g/mol. The highest BCUT2D eigenvalue weighted by Gasteiger charge is 2.24. The van der Waals surface area contributed by atoms with E-state index in [4.69, 9.17) is 0 Å². The van der Waals surface area contributed by atoms with Crippen LogP contribution in [0.15, 0.2) is 25.7 Å². The molecule has 0 radical (unpaired) electrons. The Morgan fingerprint density at radius 1 is 0.917 bits per heavy atom. The molecule has 1 aliphatic rings. The summed E-state index contributed by atoms with van der Waals surface area (Å²) < 4.78 is 4.78. The third-order valence-corrected chi connectivity index (χ3v) is 8.79. The van der Waals surface area contributed by atoms with E-state index in [1.54, 1.807) is 6.92 Å². The van der Waals surface area contributed by atoms with Gasteiger partial charge in [-0.2, -0.15) is 0 Å². The van der Waals surface area contributed by atoms with E-state index in [-0.39, 0.29) is 0 Å². The number of halogens is 4. The van der Waals surface area contributed by atoms with Gasteiger partial charge in [-0.15, -0.1) is 0 Å². The third kappa shape index (κ3) is 2.12. The summed E-state index contributed by atoms with van der Waals surface area (Å²) in [7, 11) is 0.